The summed E-state index contributed by atoms with van der Waals surface area (Å²) in [4.78, 5) is 19.9. The lowest BCUT2D eigenvalue weighted by Crippen LogP contribution is -1.96. The molecule has 0 amide bonds. The van der Waals surface area contributed by atoms with Gasteiger partial charge in [-0.05, 0) is 6.42 Å². The Bertz CT molecular complexity index is 114. The molecule has 2 nitrogen and oxygen atoms in total. The Balaban J connectivity index is 0. The summed E-state index contributed by atoms with van der Waals surface area (Å²) in [5, 5.41) is 0. The topological polar surface area (TPSA) is 34.1 Å². The van der Waals surface area contributed by atoms with Gasteiger partial charge >= 0.3 is 0 Å². The Morgan fingerprint density at radius 2 is 1.83 bits per heavy atom. The summed E-state index contributed by atoms with van der Waals surface area (Å²) in [5.41, 5.74) is 0. The summed E-state index contributed by atoms with van der Waals surface area (Å²) in [6.45, 7) is 1.98. The maximum atomic E-state index is 10.2. The summed E-state index contributed by atoms with van der Waals surface area (Å²) in [6, 6.07) is 0. The average Bonchev–Trinajstić information content (AvgIpc) is 2.14. The van der Waals surface area contributed by atoms with Crippen molar-refractivity contribution in [2.75, 3.05) is 11.8 Å². The Morgan fingerprint density at radius 3 is 2.08 bits per heavy atom. The van der Waals surface area contributed by atoms with E-state index in [0.717, 1.165) is 12.8 Å². The second-order valence-electron chi connectivity index (χ2n) is 2.07. The van der Waals surface area contributed by atoms with Crippen molar-refractivity contribution in [3.05, 3.63) is 0 Å². The van der Waals surface area contributed by atoms with Crippen LogP contribution in [0.25, 0.3) is 0 Å². The molecule has 0 aliphatic heterocycles. The van der Waals surface area contributed by atoms with Crippen molar-refractivity contribution in [2.24, 2.45) is 0 Å². The molecule has 0 spiro atoms. The first-order valence-corrected chi connectivity index (χ1v) is 4.89. The van der Waals surface area contributed by atoms with E-state index in [9.17, 15) is 9.59 Å². The fourth-order valence-electron chi connectivity index (χ4n) is 0.410. The molecule has 12 heavy (non-hydrogen) atoms. The summed E-state index contributed by atoms with van der Waals surface area (Å²) < 4.78 is 0. The first-order chi connectivity index (χ1) is 5.72. The molecule has 0 aromatic heterocycles. The van der Waals surface area contributed by atoms with E-state index >= 15 is 0 Å². The van der Waals surface area contributed by atoms with Crippen LogP contribution in [0.3, 0.4) is 0 Å². The van der Waals surface area contributed by atoms with Gasteiger partial charge in [0.25, 0.3) is 0 Å². The van der Waals surface area contributed by atoms with Gasteiger partial charge in [0.05, 0.1) is 0 Å². The normalized spacial score (nSPS) is 8.25. The quantitative estimate of drug-likeness (QED) is 0.399. The third-order valence-electron chi connectivity index (χ3n) is 0.980. The number of ketones is 1. The molecule has 0 aliphatic carbocycles. The third-order valence-corrected chi connectivity index (χ3v) is 1.55. The fraction of sp³-hybridized carbons (Fsp3) is 0.750. The van der Waals surface area contributed by atoms with Crippen LogP contribution in [-0.2, 0) is 9.59 Å². The number of hydrogen-bond acceptors (Lipinski definition) is 2. The van der Waals surface area contributed by atoms with E-state index in [1.165, 1.54) is 0 Å². The second kappa shape index (κ2) is 13.5. The molecule has 0 rings (SSSR count). The van der Waals surface area contributed by atoms with Crippen LogP contribution in [0.4, 0.5) is 0 Å². The van der Waals surface area contributed by atoms with Crippen molar-refractivity contribution in [1.82, 2.24) is 0 Å². The molecule has 0 N–H and O–H groups in total. The maximum Gasteiger partial charge on any atom is 0.195 e. The molecule has 0 heterocycles. The van der Waals surface area contributed by atoms with Crippen LogP contribution in [0.1, 0.15) is 26.2 Å². The predicted molar refractivity (Wildman–Crippen MR) is 52.0 cm³/mol. The molecule has 0 aliphatic rings. The lowest BCUT2D eigenvalue weighted by Gasteiger charge is -1.85. The van der Waals surface area contributed by atoms with E-state index < -0.39 is 0 Å². The molecule has 0 aromatic rings. The first kappa shape index (κ1) is 14.4. The van der Waals surface area contributed by atoms with Crippen molar-refractivity contribution in [2.45, 2.75) is 26.2 Å². The van der Waals surface area contributed by atoms with E-state index in [1.54, 1.807) is 0 Å². The van der Waals surface area contributed by atoms with E-state index in [1.807, 2.05) is 6.92 Å². The van der Waals surface area contributed by atoms with Gasteiger partial charge in [0.1, 0.15) is 0 Å². The average molecular weight is 213 g/mol. The highest BCUT2D eigenvalue weighted by atomic mass is 35.5. The van der Waals surface area contributed by atoms with Crippen LogP contribution < -0.4 is 0 Å². The summed E-state index contributed by atoms with van der Waals surface area (Å²) in [6.07, 6.45) is 2.60. The van der Waals surface area contributed by atoms with Crippen LogP contribution in [-0.4, -0.2) is 23.8 Å². The number of unbranched alkanes of at least 4 members (excludes halogenated alkanes) is 1. The van der Waals surface area contributed by atoms with Crippen molar-refractivity contribution in [1.29, 1.82) is 0 Å². The van der Waals surface area contributed by atoms with Gasteiger partial charge in [0.15, 0.2) is 12.1 Å². The van der Waals surface area contributed by atoms with E-state index in [4.69, 9.17) is 23.2 Å². The van der Waals surface area contributed by atoms with Crippen LogP contribution in [0.5, 0.6) is 0 Å². The van der Waals surface area contributed by atoms with Gasteiger partial charge in [-0.1, -0.05) is 13.3 Å². The largest absolute Gasteiger partial charge is 0.295 e. The number of aldehydes is 1. The van der Waals surface area contributed by atoms with Crippen molar-refractivity contribution < 1.29 is 9.59 Å². The number of halogens is 2. The van der Waals surface area contributed by atoms with Gasteiger partial charge in [-0.2, -0.15) is 0 Å². The fourth-order valence-corrected chi connectivity index (χ4v) is 0.410. The zero-order valence-electron chi connectivity index (χ0n) is 7.19. The minimum atomic E-state index is -0.285. The molecule has 4 heteroatoms. The smallest absolute Gasteiger partial charge is 0.195 e. The minimum absolute atomic E-state index is 0.285. The van der Waals surface area contributed by atoms with Gasteiger partial charge < -0.3 is 0 Å². The van der Waals surface area contributed by atoms with Gasteiger partial charge in [-0.15, -0.1) is 23.2 Å². The molecule has 0 atom stereocenters. The first-order valence-electron chi connectivity index (χ1n) is 3.82. The number of rotatable bonds is 5. The third kappa shape index (κ3) is 16.5. The lowest BCUT2D eigenvalue weighted by atomic mass is 10.2. The van der Waals surface area contributed by atoms with Crippen molar-refractivity contribution in [3.63, 3.8) is 0 Å². The number of alkyl halides is 2. The highest BCUT2D eigenvalue weighted by Crippen LogP contribution is 1.91. The summed E-state index contributed by atoms with van der Waals surface area (Å²) in [5.74, 6) is 0.829. The molecule has 0 saturated carbocycles. The monoisotopic (exact) mass is 212 g/mol. The predicted octanol–water partition coefficient (Wildman–Crippen LogP) is 2.41. The Kier molecular flexibility index (Phi) is 16.3. The molecular weight excluding hydrogens is 199 g/mol. The van der Waals surface area contributed by atoms with E-state index in [-0.39, 0.29) is 5.78 Å². The molecule has 0 radical (unpaired) electrons. The Morgan fingerprint density at radius 1 is 1.33 bits per heavy atom. The summed E-state index contributed by atoms with van der Waals surface area (Å²) >= 11 is 10.1. The Labute approximate surface area is 83.2 Å². The standard InChI is InChI=1S/C6H10O2.C2H4Cl2/c1-2-3-4-6(8)5-7;3-1-2-4/h5H,2-4H2,1H3;1-2H2. The summed E-state index contributed by atoms with van der Waals surface area (Å²) in [7, 11) is 0. The van der Waals surface area contributed by atoms with Crippen molar-refractivity contribution in [3.8, 4) is 0 Å². The number of Topliss-reactive ketones (excluding diaryl/α,β-unsaturated/α-hetero) is 1. The zero-order chi connectivity index (χ0) is 9.82. The van der Waals surface area contributed by atoms with Gasteiger partial charge in [-0.3, -0.25) is 9.59 Å². The van der Waals surface area contributed by atoms with Crippen LogP contribution >= 0.6 is 23.2 Å². The molecule has 0 saturated heterocycles. The molecule has 0 bridgehead atoms. The number of carbonyl (C=O) groups is 2. The van der Waals surface area contributed by atoms with Crippen LogP contribution in [0.15, 0.2) is 0 Å². The molecule has 0 aromatic carbocycles. The lowest BCUT2D eigenvalue weighted by molar-refractivity contribution is -0.129. The highest BCUT2D eigenvalue weighted by molar-refractivity contribution is 6.26. The van der Waals surface area contributed by atoms with Crippen LogP contribution in [0.2, 0.25) is 0 Å². The SMILES string of the molecule is CCCCC(=O)C=O.ClCCCl. The number of hydrogen-bond donors (Lipinski definition) is 0. The van der Waals surface area contributed by atoms with E-state index in [0.29, 0.717) is 24.5 Å². The zero-order valence-corrected chi connectivity index (χ0v) is 8.70. The molecule has 0 unspecified atom stereocenters. The molecular formula is C8H14Cl2O2. The Hall–Kier alpha value is -0.0800. The minimum Gasteiger partial charge on any atom is -0.295 e. The maximum absolute atomic E-state index is 10.2. The highest BCUT2D eigenvalue weighted by Gasteiger charge is 1.94. The van der Waals surface area contributed by atoms with Gasteiger partial charge in [0.2, 0.25) is 0 Å². The molecule has 72 valence electrons. The van der Waals surface area contributed by atoms with Gasteiger partial charge in [0, 0.05) is 18.2 Å². The molecule has 0 fully saturated rings. The van der Waals surface area contributed by atoms with Crippen molar-refractivity contribution >= 4 is 35.3 Å². The number of carbonyl (C=O) groups excluding carboxylic acids is 2. The van der Waals surface area contributed by atoms with E-state index in [2.05, 4.69) is 0 Å². The van der Waals surface area contributed by atoms with Gasteiger partial charge in [-0.25, -0.2) is 0 Å². The van der Waals surface area contributed by atoms with Crippen LogP contribution in [0, 0.1) is 0 Å². The second-order valence-corrected chi connectivity index (χ2v) is 2.82.